The predicted molar refractivity (Wildman–Crippen MR) is 78.4 cm³/mol. The lowest BCUT2D eigenvalue weighted by Gasteiger charge is -2.12. The molecule has 19 heavy (non-hydrogen) atoms. The van der Waals surface area contributed by atoms with Crippen LogP contribution >= 0.6 is 27.5 Å². The first kappa shape index (κ1) is 14.3. The second kappa shape index (κ2) is 6.37. The number of rotatable bonds is 4. The van der Waals surface area contributed by atoms with Gasteiger partial charge in [-0.2, -0.15) is 0 Å². The van der Waals surface area contributed by atoms with Gasteiger partial charge in [0, 0.05) is 16.6 Å². The Morgan fingerprint density at radius 1 is 1.21 bits per heavy atom. The van der Waals surface area contributed by atoms with Crippen molar-refractivity contribution in [1.82, 2.24) is 5.32 Å². The van der Waals surface area contributed by atoms with Crippen molar-refractivity contribution in [2.75, 3.05) is 7.05 Å². The number of ether oxygens (including phenoxy) is 1. The normalized spacial score (nSPS) is 10.5. The minimum absolute atomic E-state index is 0.246. The second-order valence-electron chi connectivity index (χ2n) is 3.96. The summed E-state index contributed by atoms with van der Waals surface area (Å²) in [5.74, 6) is 0.720. The Kier molecular flexibility index (Phi) is 4.80. The minimum Gasteiger partial charge on any atom is -0.455 e. The van der Waals surface area contributed by atoms with E-state index in [2.05, 4.69) is 21.2 Å². The fourth-order valence-corrected chi connectivity index (χ4v) is 2.18. The van der Waals surface area contributed by atoms with Crippen LogP contribution in [0.2, 0.25) is 5.02 Å². The first-order valence-corrected chi connectivity index (χ1v) is 6.83. The van der Waals surface area contributed by atoms with Crippen molar-refractivity contribution in [3.8, 4) is 11.5 Å². The first-order chi connectivity index (χ1) is 9.10. The van der Waals surface area contributed by atoms with Crippen molar-refractivity contribution in [2.24, 2.45) is 0 Å². The second-order valence-corrected chi connectivity index (χ2v) is 5.28. The molecule has 5 heteroatoms. The molecule has 2 rings (SSSR count). The molecule has 2 nitrogen and oxygen atoms in total. The summed E-state index contributed by atoms with van der Waals surface area (Å²) in [6, 6.07) is 9.80. The molecule has 0 saturated carbocycles. The van der Waals surface area contributed by atoms with E-state index in [1.54, 1.807) is 0 Å². The van der Waals surface area contributed by atoms with Gasteiger partial charge < -0.3 is 10.1 Å². The van der Waals surface area contributed by atoms with Crippen LogP contribution in [0.4, 0.5) is 4.39 Å². The molecule has 0 bridgehead atoms. The van der Waals surface area contributed by atoms with E-state index in [-0.39, 0.29) is 10.8 Å². The molecular weight excluding hydrogens is 333 g/mol. The first-order valence-electron chi connectivity index (χ1n) is 5.66. The van der Waals surface area contributed by atoms with Gasteiger partial charge in [0.1, 0.15) is 17.3 Å². The summed E-state index contributed by atoms with van der Waals surface area (Å²) in [6.45, 7) is 0.668. The van der Waals surface area contributed by atoms with E-state index in [0.717, 1.165) is 10.0 Å². The lowest BCUT2D eigenvalue weighted by Crippen LogP contribution is -2.06. The van der Waals surface area contributed by atoms with Crippen molar-refractivity contribution in [1.29, 1.82) is 0 Å². The molecule has 0 saturated heterocycles. The summed E-state index contributed by atoms with van der Waals surface area (Å²) in [5, 5.41) is 3.31. The Morgan fingerprint density at radius 2 is 2.00 bits per heavy atom. The zero-order chi connectivity index (χ0) is 13.8. The maximum absolute atomic E-state index is 13.0. The van der Waals surface area contributed by atoms with Crippen molar-refractivity contribution in [2.45, 2.75) is 6.54 Å². The summed E-state index contributed by atoms with van der Waals surface area (Å²) in [4.78, 5) is 0. The summed E-state index contributed by atoms with van der Waals surface area (Å²) < 4.78 is 19.7. The van der Waals surface area contributed by atoms with Crippen LogP contribution in [0.25, 0.3) is 0 Å². The summed E-state index contributed by atoms with van der Waals surface area (Å²) in [7, 11) is 1.86. The molecule has 0 amide bonds. The molecule has 0 radical (unpaired) electrons. The van der Waals surface area contributed by atoms with Crippen molar-refractivity contribution < 1.29 is 9.13 Å². The third kappa shape index (κ3) is 3.69. The van der Waals surface area contributed by atoms with Crippen LogP contribution in [0.3, 0.4) is 0 Å². The molecule has 2 aromatic carbocycles. The van der Waals surface area contributed by atoms with Gasteiger partial charge in [-0.15, -0.1) is 0 Å². The fraction of sp³-hybridized carbons (Fsp3) is 0.143. The summed E-state index contributed by atoms with van der Waals surface area (Å²) in [6.07, 6.45) is 0. The number of halogens is 3. The van der Waals surface area contributed by atoms with Crippen LogP contribution in [0, 0.1) is 5.82 Å². The van der Waals surface area contributed by atoms with E-state index in [1.807, 2.05) is 25.2 Å². The van der Waals surface area contributed by atoms with Gasteiger partial charge in [0.2, 0.25) is 0 Å². The smallest absolute Gasteiger partial charge is 0.146 e. The Hall–Kier alpha value is -1.10. The van der Waals surface area contributed by atoms with Gasteiger partial charge in [0.25, 0.3) is 0 Å². The standard InChI is InChI=1S/C14H12BrClFNO/c1-18-8-9-2-3-10(15)6-14(9)19-13-5-4-11(17)7-12(13)16/h2-7,18H,8H2,1H3. The molecular formula is C14H12BrClFNO. The maximum Gasteiger partial charge on any atom is 0.146 e. The lowest BCUT2D eigenvalue weighted by molar-refractivity contribution is 0.472. The zero-order valence-electron chi connectivity index (χ0n) is 10.2. The molecule has 0 heterocycles. The Bertz CT molecular complexity index is 592. The molecule has 0 aliphatic carbocycles. The molecule has 0 unspecified atom stereocenters. The highest BCUT2D eigenvalue weighted by molar-refractivity contribution is 9.10. The third-order valence-electron chi connectivity index (χ3n) is 2.51. The summed E-state index contributed by atoms with van der Waals surface area (Å²) in [5.41, 5.74) is 0.992. The molecule has 0 atom stereocenters. The fourth-order valence-electron chi connectivity index (χ4n) is 1.64. The van der Waals surface area contributed by atoms with Gasteiger partial charge >= 0.3 is 0 Å². The van der Waals surface area contributed by atoms with E-state index >= 15 is 0 Å². The van der Waals surface area contributed by atoms with Gasteiger partial charge in [-0.25, -0.2) is 4.39 Å². The van der Waals surface area contributed by atoms with Gasteiger partial charge in [0.15, 0.2) is 0 Å². The van der Waals surface area contributed by atoms with Crippen molar-refractivity contribution in [3.05, 3.63) is 57.3 Å². The number of hydrogen-bond acceptors (Lipinski definition) is 2. The van der Waals surface area contributed by atoms with Crippen LogP contribution in [0.1, 0.15) is 5.56 Å². The summed E-state index contributed by atoms with van der Waals surface area (Å²) >= 11 is 9.35. The number of benzene rings is 2. The topological polar surface area (TPSA) is 21.3 Å². The zero-order valence-corrected chi connectivity index (χ0v) is 12.6. The molecule has 0 fully saturated rings. The highest BCUT2D eigenvalue weighted by Crippen LogP contribution is 2.33. The van der Waals surface area contributed by atoms with Crippen LogP contribution in [-0.4, -0.2) is 7.05 Å². The SMILES string of the molecule is CNCc1ccc(Br)cc1Oc1ccc(F)cc1Cl. The van der Waals surface area contributed by atoms with Gasteiger partial charge in [-0.1, -0.05) is 33.6 Å². The monoisotopic (exact) mass is 343 g/mol. The third-order valence-corrected chi connectivity index (χ3v) is 3.30. The number of hydrogen-bond donors (Lipinski definition) is 1. The van der Waals surface area contributed by atoms with Crippen molar-refractivity contribution >= 4 is 27.5 Å². The molecule has 100 valence electrons. The quantitative estimate of drug-likeness (QED) is 0.864. The average molecular weight is 345 g/mol. The van der Waals surface area contributed by atoms with Crippen LogP contribution in [0.5, 0.6) is 11.5 Å². The average Bonchev–Trinajstić information content (AvgIpc) is 2.36. The van der Waals surface area contributed by atoms with Gasteiger partial charge in [-0.05, 0) is 37.4 Å². The van der Waals surface area contributed by atoms with Crippen LogP contribution in [-0.2, 0) is 6.54 Å². The Balaban J connectivity index is 2.33. The van der Waals surface area contributed by atoms with Gasteiger partial charge in [0.05, 0.1) is 5.02 Å². The molecule has 0 aliphatic heterocycles. The van der Waals surface area contributed by atoms with Gasteiger partial charge in [-0.3, -0.25) is 0 Å². The Labute approximate surface area is 124 Å². The predicted octanol–water partition coefficient (Wildman–Crippen LogP) is 4.75. The van der Waals surface area contributed by atoms with E-state index in [1.165, 1.54) is 18.2 Å². The Morgan fingerprint density at radius 3 is 2.68 bits per heavy atom. The van der Waals surface area contributed by atoms with E-state index < -0.39 is 0 Å². The minimum atomic E-state index is -0.387. The van der Waals surface area contributed by atoms with Crippen LogP contribution < -0.4 is 10.1 Å². The highest BCUT2D eigenvalue weighted by atomic mass is 79.9. The van der Waals surface area contributed by atoms with Crippen molar-refractivity contribution in [3.63, 3.8) is 0 Å². The van der Waals surface area contributed by atoms with E-state index in [0.29, 0.717) is 18.0 Å². The lowest BCUT2D eigenvalue weighted by atomic mass is 10.2. The molecule has 0 aromatic heterocycles. The number of nitrogens with one attached hydrogen (secondary N) is 1. The molecule has 0 aliphatic rings. The largest absolute Gasteiger partial charge is 0.455 e. The highest BCUT2D eigenvalue weighted by Gasteiger charge is 2.09. The maximum atomic E-state index is 13.0. The molecule has 1 N–H and O–H groups in total. The molecule has 0 spiro atoms. The molecule has 2 aromatic rings. The van der Waals surface area contributed by atoms with E-state index in [9.17, 15) is 4.39 Å². The van der Waals surface area contributed by atoms with Crippen LogP contribution in [0.15, 0.2) is 40.9 Å². The van der Waals surface area contributed by atoms with E-state index in [4.69, 9.17) is 16.3 Å².